The van der Waals surface area contributed by atoms with E-state index in [-0.39, 0.29) is 0 Å². The molecule has 1 aromatic heterocycles. The molecule has 20 heavy (non-hydrogen) atoms. The van der Waals surface area contributed by atoms with Gasteiger partial charge in [-0.2, -0.15) is 0 Å². The summed E-state index contributed by atoms with van der Waals surface area (Å²) in [6.45, 7) is 6.48. The summed E-state index contributed by atoms with van der Waals surface area (Å²) in [7, 11) is 1.83. The highest BCUT2D eigenvalue weighted by molar-refractivity contribution is 7.10. The molecule has 1 fully saturated rings. The predicted molar refractivity (Wildman–Crippen MR) is 87.5 cm³/mol. The zero-order valence-electron chi connectivity index (χ0n) is 12.6. The van der Waals surface area contributed by atoms with E-state index in [2.05, 4.69) is 45.0 Å². The number of hydrogen-bond acceptors (Lipinski definition) is 3. The second-order valence-corrected chi connectivity index (χ2v) is 6.13. The molecular weight excluding hydrogens is 268 g/mol. The highest BCUT2D eigenvalue weighted by atomic mass is 32.1. The topological polar surface area (TPSA) is 39.7 Å². The van der Waals surface area contributed by atoms with Crippen LogP contribution in [0.25, 0.3) is 0 Å². The lowest BCUT2D eigenvalue weighted by Gasteiger charge is -2.27. The second kappa shape index (κ2) is 8.27. The van der Waals surface area contributed by atoms with E-state index in [4.69, 9.17) is 0 Å². The molecule has 2 N–H and O–H groups in total. The molecule has 1 aliphatic rings. The van der Waals surface area contributed by atoms with Gasteiger partial charge < -0.3 is 10.6 Å². The Morgan fingerprint density at radius 3 is 2.80 bits per heavy atom. The molecule has 4 nitrogen and oxygen atoms in total. The number of nitrogens with one attached hydrogen (secondary N) is 2. The zero-order chi connectivity index (χ0) is 14.2. The number of nitrogens with zero attached hydrogens (tertiary/aromatic N) is 2. The van der Waals surface area contributed by atoms with Crippen molar-refractivity contribution in [2.45, 2.75) is 32.2 Å². The molecule has 1 aliphatic heterocycles. The minimum atomic E-state index is 0.470. The van der Waals surface area contributed by atoms with Crippen molar-refractivity contribution in [2.24, 2.45) is 4.99 Å². The molecule has 0 aliphatic carbocycles. The summed E-state index contributed by atoms with van der Waals surface area (Å²) in [4.78, 5) is 8.32. The summed E-state index contributed by atoms with van der Waals surface area (Å²) in [5.74, 6) is 0.910. The number of aliphatic imine (C=N–C) groups is 1. The second-order valence-electron chi connectivity index (χ2n) is 5.15. The molecule has 2 heterocycles. The van der Waals surface area contributed by atoms with Crippen molar-refractivity contribution in [3.05, 3.63) is 22.4 Å². The van der Waals surface area contributed by atoms with Crippen molar-refractivity contribution >= 4 is 17.3 Å². The number of rotatable bonds is 6. The van der Waals surface area contributed by atoms with Gasteiger partial charge in [-0.05, 0) is 43.8 Å². The standard InChI is InChI=1S/C15H26N4S/c1-3-8-17-15(16-2)18-12-13(14-7-6-11-20-14)19-9-4-5-10-19/h6-7,11,13H,3-5,8-10,12H2,1-2H3,(H2,16,17,18). The first-order valence-electron chi connectivity index (χ1n) is 7.57. The predicted octanol–water partition coefficient (Wildman–Crippen LogP) is 2.46. The van der Waals surface area contributed by atoms with Crippen LogP contribution in [0.2, 0.25) is 0 Å². The fourth-order valence-electron chi connectivity index (χ4n) is 2.60. The smallest absolute Gasteiger partial charge is 0.191 e. The van der Waals surface area contributed by atoms with Crippen LogP contribution in [0.4, 0.5) is 0 Å². The Morgan fingerprint density at radius 1 is 1.40 bits per heavy atom. The minimum absolute atomic E-state index is 0.470. The molecule has 1 saturated heterocycles. The van der Waals surface area contributed by atoms with Crippen LogP contribution >= 0.6 is 11.3 Å². The first-order chi connectivity index (χ1) is 9.85. The maximum Gasteiger partial charge on any atom is 0.191 e. The summed E-state index contributed by atoms with van der Waals surface area (Å²) in [5, 5.41) is 8.98. The van der Waals surface area contributed by atoms with E-state index in [1.54, 1.807) is 0 Å². The SMILES string of the molecule is CCCNC(=NC)NCC(c1cccs1)N1CCCC1. The van der Waals surface area contributed by atoms with Crippen LogP contribution < -0.4 is 10.6 Å². The van der Waals surface area contributed by atoms with E-state index in [0.717, 1.165) is 25.5 Å². The molecule has 0 spiro atoms. The molecule has 1 atom stereocenters. The third kappa shape index (κ3) is 4.21. The van der Waals surface area contributed by atoms with Gasteiger partial charge in [0.05, 0.1) is 6.04 Å². The van der Waals surface area contributed by atoms with Crippen molar-refractivity contribution in [3.63, 3.8) is 0 Å². The Hall–Kier alpha value is -1.07. The zero-order valence-corrected chi connectivity index (χ0v) is 13.4. The molecule has 0 bridgehead atoms. The number of thiophene rings is 1. The third-order valence-corrected chi connectivity index (χ3v) is 4.66. The first-order valence-corrected chi connectivity index (χ1v) is 8.45. The monoisotopic (exact) mass is 294 g/mol. The van der Waals surface area contributed by atoms with Crippen LogP contribution in [-0.2, 0) is 0 Å². The Labute approximate surface area is 126 Å². The van der Waals surface area contributed by atoms with Gasteiger partial charge in [-0.15, -0.1) is 11.3 Å². The average Bonchev–Trinajstić information content (AvgIpc) is 3.16. The molecule has 0 saturated carbocycles. The lowest BCUT2D eigenvalue weighted by atomic mass is 10.2. The van der Waals surface area contributed by atoms with Crippen molar-refractivity contribution in [1.82, 2.24) is 15.5 Å². The van der Waals surface area contributed by atoms with E-state index in [0.29, 0.717) is 6.04 Å². The first kappa shape index (κ1) is 15.3. The highest BCUT2D eigenvalue weighted by Gasteiger charge is 2.24. The maximum atomic E-state index is 4.28. The van der Waals surface area contributed by atoms with Gasteiger partial charge >= 0.3 is 0 Å². The molecule has 0 radical (unpaired) electrons. The summed E-state index contributed by atoms with van der Waals surface area (Å²) in [5.41, 5.74) is 0. The van der Waals surface area contributed by atoms with Gasteiger partial charge in [-0.25, -0.2) is 0 Å². The number of guanidine groups is 1. The van der Waals surface area contributed by atoms with Gasteiger partial charge in [0, 0.05) is 25.0 Å². The van der Waals surface area contributed by atoms with Crippen molar-refractivity contribution < 1.29 is 0 Å². The fraction of sp³-hybridized carbons (Fsp3) is 0.667. The summed E-state index contributed by atoms with van der Waals surface area (Å²) < 4.78 is 0. The van der Waals surface area contributed by atoms with Gasteiger partial charge in [-0.1, -0.05) is 13.0 Å². The van der Waals surface area contributed by atoms with E-state index in [9.17, 15) is 0 Å². The van der Waals surface area contributed by atoms with E-state index in [1.165, 1.54) is 30.8 Å². The van der Waals surface area contributed by atoms with Crippen LogP contribution in [0.3, 0.4) is 0 Å². The Bertz CT molecular complexity index is 396. The molecule has 0 aromatic carbocycles. The lowest BCUT2D eigenvalue weighted by Crippen LogP contribution is -2.42. The van der Waals surface area contributed by atoms with Gasteiger partial charge in [0.1, 0.15) is 0 Å². The van der Waals surface area contributed by atoms with Crippen LogP contribution in [0, 0.1) is 0 Å². The van der Waals surface area contributed by atoms with Crippen LogP contribution in [-0.4, -0.2) is 44.1 Å². The van der Waals surface area contributed by atoms with Crippen LogP contribution in [0.5, 0.6) is 0 Å². The molecule has 1 aromatic rings. The Balaban J connectivity index is 1.94. The highest BCUT2D eigenvalue weighted by Crippen LogP contribution is 2.27. The average molecular weight is 294 g/mol. The van der Waals surface area contributed by atoms with Crippen molar-refractivity contribution in [1.29, 1.82) is 0 Å². The van der Waals surface area contributed by atoms with Crippen molar-refractivity contribution in [3.8, 4) is 0 Å². The third-order valence-electron chi connectivity index (χ3n) is 3.68. The Kier molecular flexibility index (Phi) is 6.33. The molecular formula is C15H26N4S. The molecule has 1 unspecified atom stereocenters. The maximum absolute atomic E-state index is 4.28. The minimum Gasteiger partial charge on any atom is -0.356 e. The van der Waals surface area contributed by atoms with Gasteiger partial charge in [0.25, 0.3) is 0 Å². The van der Waals surface area contributed by atoms with E-state index in [1.807, 2.05) is 18.4 Å². The normalized spacial score (nSPS) is 18.2. The summed E-state index contributed by atoms with van der Waals surface area (Å²) in [6.07, 6.45) is 3.76. The van der Waals surface area contributed by atoms with E-state index >= 15 is 0 Å². The largest absolute Gasteiger partial charge is 0.356 e. The lowest BCUT2D eigenvalue weighted by molar-refractivity contribution is 0.249. The number of hydrogen-bond donors (Lipinski definition) is 2. The summed E-state index contributed by atoms with van der Waals surface area (Å²) in [6, 6.07) is 4.86. The molecule has 2 rings (SSSR count). The fourth-order valence-corrected chi connectivity index (χ4v) is 3.46. The van der Waals surface area contributed by atoms with Crippen LogP contribution in [0.1, 0.15) is 37.1 Å². The molecule has 112 valence electrons. The van der Waals surface area contributed by atoms with E-state index < -0.39 is 0 Å². The molecule has 5 heteroatoms. The summed E-state index contributed by atoms with van der Waals surface area (Å²) >= 11 is 1.85. The van der Waals surface area contributed by atoms with Crippen molar-refractivity contribution in [2.75, 3.05) is 33.2 Å². The van der Waals surface area contributed by atoms with Gasteiger partial charge in [-0.3, -0.25) is 9.89 Å². The Morgan fingerprint density at radius 2 is 2.20 bits per heavy atom. The van der Waals surface area contributed by atoms with Crippen LogP contribution in [0.15, 0.2) is 22.5 Å². The molecule has 0 amide bonds. The van der Waals surface area contributed by atoms with Gasteiger partial charge in [0.2, 0.25) is 0 Å². The van der Waals surface area contributed by atoms with Gasteiger partial charge in [0.15, 0.2) is 5.96 Å². The number of likely N-dealkylation sites (tertiary alicyclic amines) is 1. The quantitative estimate of drug-likeness (QED) is 0.625.